The zero-order valence-electron chi connectivity index (χ0n) is 13.9. The molecule has 1 aromatic rings. The number of carbonyl (C=O) groups excluding carboxylic acids is 1. The average molecular weight is 337 g/mol. The molecule has 2 amide bonds. The highest BCUT2D eigenvalue weighted by atomic mass is 32.1. The van der Waals surface area contributed by atoms with Gasteiger partial charge in [-0.1, -0.05) is 6.07 Å². The number of rotatable bonds is 5. The van der Waals surface area contributed by atoms with Gasteiger partial charge in [-0.05, 0) is 31.2 Å². The number of nitrogens with one attached hydrogen (secondary N) is 1. The first-order valence-corrected chi connectivity index (χ1v) is 9.50. The van der Waals surface area contributed by atoms with Crippen LogP contribution in [0.25, 0.3) is 0 Å². The van der Waals surface area contributed by atoms with Crippen LogP contribution in [0.15, 0.2) is 17.5 Å². The number of ether oxygens (including phenoxy) is 1. The summed E-state index contributed by atoms with van der Waals surface area (Å²) in [4.78, 5) is 18.4. The van der Waals surface area contributed by atoms with E-state index in [0.29, 0.717) is 6.04 Å². The monoisotopic (exact) mass is 337 g/mol. The van der Waals surface area contributed by atoms with E-state index in [-0.39, 0.29) is 12.1 Å². The van der Waals surface area contributed by atoms with Crippen molar-refractivity contribution in [2.45, 2.75) is 38.3 Å². The first kappa shape index (κ1) is 16.7. The van der Waals surface area contributed by atoms with E-state index in [1.165, 1.54) is 4.88 Å². The van der Waals surface area contributed by atoms with Crippen molar-refractivity contribution >= 4 is 17.4 Å². The van der Waals surface area contributed by atoms with Crippen LogP contribution in [-0.2, 0) is 11.2 Å². The number of morpholine rings is 1. The lowest BCUT2D eigenvalue weighted by Crippen LogP contribution is -2.51. The van der Waals surface area contributed by atoms with E-state index in [2.05, 4.69) is 34.7 Å². The average Bonchev–Trinajstić information content (AvgIpc) is 3.20. The topological polar surface area (TPSA) is 44.8 Å². The van der Waals surface area contributed by atoms with E-state index in [4.69, 9.17) is 4.74 Å². The van der Waals surface area contributed by atoms with Crippen LogP contribution in [-0.4, -0.2) is 67.3 Å². The molecule has 0 aliphatic carbocycles. The lowest BCUT2D eigenvalue weighted by Gasteiger charge is -2.33. The van der Waals surface area contributed by atoms with Gasteiger partial charge in [0.25, 0.3) is 0 Å². The zero-order chi connectivity index (χ0) is 16.1. The molecule has 0 saturated carbocycles. The minimum Gasteiger partial charge on any atom is -0.379 e. The lowest BCUT2D eigenvalue weighted by atomic mass is 10.2. The van der Waals surface area contributed by atoms with E-state index >= 15 is 0 Å². The summed E-state index contributed by atoms with van der Waals surface area (Å²) >= 11 is 1.75. The summed E-state index contributed by atoms with van der Waals surface area (Å²) in [6.07, 6.45) is 3.14. The van der Waals surface area contributed by atoms with E-state index in [1.807, 2.05) is 4.90 Å². The Kier molecular flexibility index (Phi) is 5.91. The van der Waals surface area contributed by atoms with Gasteiger partial charge in [0.2, 0.25) is 0 Å². The largest absolute Gasteiger partial charge is 0.379 e. The molecule has 6 heteroatoms. The van der Waals surface area contributed by atoms with Gasteiger partial charge in [0.05, 0.1) is 13.2 Å². The standard InChI is InChI=1S/C17H27N3O2S/c1-14(12-16-5-3-11-23-16)18-17(21)20-6-2-4-15(20)13-19-7-9-22-10-8-19/h3,5,11,14-15H,2,4,6-10,12-13H2,1H3,(H,18,21)/t14-,15-/m1/s1. The number of hydrogen-bond donors (Lipinski definition) is 1. The van der Waals surface area contributed by atoms with Crippen LogP contribution in [0, 0.1) is 0 Å². The van der Waals surface area contributed by atoms with Gasteiger partial charge in [0.1, 0.15) is 0 Å². The molecule has 1 aromatic heterocycles. The molecule has 5 nitrogen and oxygen atoms in total. The third kappa shape index (κ3) is 4.68. The van der Waals surface area contributed by atoms with Crippen LogP contribution in [0.5, 0.6) is 0 Å². The Labute approximate surface area is 142 Å². The molecule has 0 unspecified atom stereocenters. The maximum atomic E-state index is 12.6. The summed E-state index contributed by atoms with van der Waals surface area (Å²) in [6, 6.07) is 4.82. The van der Waals surface area contributed by atoms with E-state index in [0.717, 1.165) is 58.7 Å². The highest BCUT2D eigenvalue weighted by Gasteiger charge is 2.31. The molecule has 2 aliphatic heterocycles. The number of thiophene rings is 1. The molecule has 23 heavy (non-hydrogen) atoms. The van der Waals surface area contributed by atoms with Crippen molar-refractivity contribution in [2.24, 2.45) is 0 Å². The van der Waals surface area contributed by atoms with Crippen molar-refractivity contribution in [2.75, 3.05) is 39.4 Å². The Balaban J connectivity index is 1.48. The maximum Gasteiger partial charge on any atom is 0.317 e. The summed E-state index contributed by atoms with van der Waals surface area (Å²) in [5.74, 6) is 0. The number of nitrogens with zero attached hydrogens (tertiary/aromatic N) is 2. The molecule has 0 bridgehead atoms. The van der Waals surface area contributed by atoms with Gasteiger partial charge in [-0.25, -0.2) is 4.79 Å². The van der Waals surface area contributed by atoms with Gasteiger partial charge in [0.15, 0.2) is 0 Å². The van der Waals surface area contributed by atoms with Gasteiger partial charge in [-0.2, -0.15) is 0 Å². The second-order valence-corrected chi connectivity index (χ2v) is 7.57. The molecule has 3 heterocycles. The van der Waals surface area contributed by atoms with Crippen LogP contribution >= 0.6 is 11.3 Å². The summed E-state index contributed by atoms with van der Waals surface area (Å²) in [7, 11) is 0. The highest BCUT2D eigenvalue weighted by Crippen LogP contribution is 2.19. The molecule has 0 aromatic carbocycles. The Morgan fingerprint density at radius 1 is 1.43 bits per heavy atom. The van der Waals surface area contributed by atoms with Crippen molar-refractivity contribution in [1.29, 1.82) is 0 Å². The molecule has 2 saturated heterocycles. The first-order chi connectivity index (χ1) is 11.2. The first-order valence-electron chi connectivity index (χ1n) is 8.62. The minimum atomic E-state index is 0.102. The fourth-order valence-corrected chi connectivity index (χ4v) is 4.29. The predicted molar refractivity (Wildman–Crippen MR) is 93.0 cm³/mol. The van der Waals surface area contributed by atoms with Crippen LogP contribution in [0.2, 0.25) is 0 Å². The molecular formula is C17H27N3O2S. The molecule has 1 N–H and O–H groups in total. The number of hydrogen-bond acceptors (Lipinski definition) is 4. The molecular weight excluding hydrogens is 310 g/mol. The summed E-state index contributed by atoms with van der Waals surface area (Å²) < 4.78 is 5.41. The summed E-state index contributed by atoms with van der Waals surface area (Å²) in [5, 5.41) is 5.26. The number of likely N-dealkylation sites (tertiary alicyclic amines) is 1. The van der Waals surface area contributed by atoms with Crippen molar-refractivity contribution < 1.29 is 9.53 Å². The molecule has 2 aliphatic rings. The van der Waals surface area contributed by atoms with Gasteiger partial charge in [-0.15, -0.1) is 11.3 Å². The SMILES string of the molecule is C[C@H](Cc1cccs1)NC(=O)N1CCC[C@@H]1CN1CCOCC1. The Hall–Kier alpha value is -1.11. The number of urea groups is 1. The smallest absolute Gasteiger partial charge is 0.317 e. The number of amides is 2. The molecule has 0 radical (unpaired) electrons. The second kappa shape index (κ2) is 8.13. The normalized spacial score (nSPS) is 23.9. The third-order valence-corrected chi connectivity index (χ3v) is 5.57. The quantitative estimate of drug-likeness (QED) is 0.896. The van der Waals surface area contributed by atoms with Crippen LogP contribution < -0.4 is 5.32 Å². The molecule has 2 atom stereocenters. The molecule has 2 fully saturated rings. The van der Waals surface area contributed by atoms with Gasteiger partial charge < -0.3 is 15.0 Å². The minimum absolute atomic E-state index is 0.102. The maximum absolute atomic E-state index is 12.6. The van der Waals surface area contributed by atoms with Gasteiger partial charge >= 0.3 is 6.03 Å². The van der Waals surface area contributed by atoms with Crippen molar-refractivity contribution in [3.05, 3.63) is 22.4 Å². The number of carbonyl (C=O) groups is 1. The fourth-order valence-electron chi connectivity index (χ4n) is 3.45. The Morgan fingerprint density at radius 3 is 3.00 bits per heavy atom. The summed E-state index contributed by atoms with van der Waals surface area (Å²) in [5.41, 5.74) is 0. The van der Waals surface area contributed by atoms with Gasteiger partial charge in [-0.3, -0.25) is 4.90 Å². The summed E-state index contributed by atoms with van der Waals surface area (Å²) in [6.45, 7) is 7.56. The van der Waals surface area contributed by atoms with Crippen molar-refractivity contribution in [3.63, 3.8) is 0 Å². The second-order valence-electron chi connectivity index (χ2n) is 6.54. The van der Waals surface area contributed by atoms with E-state index in [9.17, 15) is 4.79 Å². The Bertz CT molecular complexity index is 488. The third-order valence-electron chi connectivity index (χ3n) is 4.67. The molecule has 3 rings (SSSR count). The van der Waals surface area contributed by atoms with Crippen LogP contribution in [0.1, 0.15) is 24.6 Å². The van der Waals surface area contributed by atoms with Crippen LogP contribution in [0.4, 0.5) is 4.79 Å². The zero-order valence-corrected chi connectivity index (χ0v) is 14.7. The Morgan fingerprint density at radius 2 is 2.26 bits per heavy atom. The molecule has 0 spiro atoms. The van der Waals surface area contributed by atoms with Crippen LogP contribution in [0.3, 0.4) is 0 Å². The highest BCUT2D eigenvalue weighted by molar-refractivity contribution is 7.09. The fraction of sp³-hybridized carbons (Fsp3) is 0.706. The van der Waals surface area contributed by atoms with E-state index in [1.54, 1.807) is 11.3 Å². The molecule has 128 valence electrons. The lowest BCUT2D eigenvalue weighted by molar-refractivity contribution is 0.0291. The van der Waals surface area contributed by atoms with Crippen molar-refractivity contribution in [3.8, 4) is 0 Å². The van der Waals surface area contributed by atoms with Gasteiger partial charge in [0, 0.05) is 49.6 Å². The van der Waals surface area contributed by atoms with Crippen molar-refractivity contribution in [1.82, 2.24) is 15.1 Å². The van der Waals surface area contributed by atoms with E-state index < -0.39 is 0 Å². The predicted octanol–water partition coefficient (Wildman–Crippen LogP) is 2.19.